The van der Waals surface area contributed by atoms with Crippen LogP contribution < -0.4 is 0 Å². The highest BCUT2D eigenvalue weighted by Crippen LogP contribution is 2.40. The van der Waals surface area contributed by atoms with Gasteiger partial charge in [-0.25, -0.2) is 4.98 Å². The van der Waals surface area contributed by atoms with E-state index in [1.165, 1.54) is 54.4 Å². The van der Waals surface area contributed by atoms with Crippen LogP contribution in [-0.2, 0) is 0 Å². The third-order valence-corrected chi connectivity index (χ3v) is 10.9. The summed E-state index contributed by atoms with van der Waals surface area (Å²) in [5.74, 6) is 0.780. The van der Waals surface area contributed by atoms with Crippen molar-refractivity contribution in [2.45, 2.75) is 0 Å². The average Bonchev–Trinajstić information content (AvgIpc) is 3.94. The molecule has 0 saturated heterocycles. The number of rotatable bonds is 3. The van der Waals surface area contributed by atoms with Crippen LogP contribution in [0.2, 0.25) is 0 Å². The summed E-state index contributed by atoms with van der Waals surface area (Å²) < 4.78 is 13.7. The molecule has 5 heteroatoms. The fraction of sp³-hybridized carbons (Fsp3) is 0. The number of fused-ring (bicyclic) bond motifs is 12. The molecular weight excluding hydrogens is 637 g/mol. The summed E-state index contributed by atoms with van der Waals surface area (Å²) in [6, 6.07) is 58.6. The highest BCUT2D eigenvalue weighted by atomic mass is 16.3. The van der Waals surface area contributed by atoms with E-state index in [2.05, 4.69) is 177 Å². The minimum absolute atomic E-state index is 0.769. The number of hydrogen-bond donors (Lipinski definition) is 0. The van der Waals surface area contributed by atoms with Crippen LogP contribution in [0.3, 0.4) is 0 Å². The van der Waals surface area contributed by atoms with Gasteiger partial charge in [0, 0.05) is 60.7 Å². The summed E-state index contributed by atoms with van der Waals surface area (Å²) in [6.45, 7) is 0. The topological polar surface area (TPSA) is 40.8 Å². The summed E-state index contributed by atoms with van der Waals surface area (Å²) in [4.78, 5) is 5.01. The number of para-hydroxylation sites is 5. The van der Waals surface area contributed by atoms with Crippen molar-refractivity contribution in [2.75, 3.05) is 0 Å². The molecule has 52 heavy (non-hydrogen) atoms. The van der Waals surface area contributed by atoms with Crippen LogP contribution in [0.5, 0.6) is 0 Å². The van der Waals surface area contributed by atoms with Crippen molar-refractivity contribution >= 4 is 87.4 Å². The lowest BCUT2D eigenvalue weighted by molar-refractivity contribution is 0.663. The van der Waals surface area contributed by atoms with Gasteiger partial charge in [0.15, 0.2) is 11.4 Å². The number of furan rings is 1. The van der Waals surface area contributed by atoms with Crippen molar-refractivity contribution in [3.8, 4) is 17.2 Å². The third-order valence-electron chi connectivity index (χ3n) is 10.9. The third kappa shape index (κ3) is 3.64. The molecule has 0 aliphatic heterocycles. The van der Waals surface area contributed by atoms with Crippen LogP contribution in [0.25, 0.3) is 105 Å². The predicted octanol–water partition coefficient (Wildman–Crippen LogP) is 12.3. The van der Waals surface area contributed by atoms with E-state index in [9.17, 15) is 0 Å². The molecule has 12 rings (SSSR count). The Hall–Kier alpha value is -7.11. The van der Waals surface area contributed by atoms with Crippen LogP contribution in [0.1, 0.15) is 0 Å². The molecule has 12 aromatic rings. The van der Waals surface area contributed by atoms with E-state index in [4.69, 9.17) is 9.40 Å². The van der Waals surface area contributed by atoms with E-state index in [1.807, 2.05) is 6.20 Å². The Morgan fingerprint density at radius 1 is 0.346 bits per heavy atom. The lowest BCUT2D eigenvalue weighted by Gasteiger charge is -2.10. The molecule has 0 saturated carbocycles. The SMILES string of the molecule is c1ccc2c(c1)c1ccccc1n2-c1ccc2oc3c(-n4c5ccccc5c5cc(-n6c7ccccc7c7ccccc76)ccc54)nccc3c2c1. The van der Waals surface area contributed by atoms with E-state index in [0.717, 1.165) is 50.2 Å². The molecule has 5 nitrogen and oxygen atoms in total. The number of nitrogens with zero attached hydrogens (tertiary/aromatic N) is 4. The minimum atomic E-state index is 0.769. The van der Waals surface area contributed by atoms with Crippen molar-refractivity contribution in [1.82, 2.24) is 18.7 Å². The molecule has 7 aromatic carbocycles. The quantitative estimate of drug-likeness (QED) is 0.189. The fourth-order valence-electron chi connectivity index (χ4n) is 8.71. The fourth-order valence-corrected chi connectivity index (χ4v) is 8.71. The second-order valence-electron chi connectivity index (χ2n) is 13.6. The van der Waals surface area contributed by atoms with Crippen LogP contribution in [0, 0.1) is 0 Å². The summed E-state index contributed by atoms with van der Waals surface area (Å²) in [7, 11) is 0. The second-order valence-corrected chi connectivity index (χ2v) is 13.6. The van der Waals surface area contributed by atoms with Crippen LogP contribution in [0.15, 0.2) is 174 Å². The van der Waals surface area contributed by atoms with Crippen molar-refractivity contribution < 1.29 is 4.42 Å². The van der Waals surface area contributed by atoms with Crippen molar-refractivity contribution in [3.05, 3.63) is 170 Å². The molecule has 0 amide bonds. The normalized spacial score (nSPS) is 12.2. The molecule has 5 aromatic heterocycles. The van der Waals surface area contributed by atoms with Gasteiger partial charge < -0.3 is 13.6 Å². The molecule has 0 unspecified atom stereocenters. The van der Waals surface area contributed by atoms with Crippen molar-refractivity contribution in [3.63, 3.8) is 0 Å². The molecule has 242 valence electrons. The number of benzene rings is 7. The Labute approximate surface area is 296 Å². The lowest BCUT2D eigenvalue weighted by Crippen LogP contribution is -1.98. The summed E-state index contributed by atoms with van der Waals surface area (Å²) in [5, 5.41) is 9.43. The average molecular weight is 665 g/mol. The highest BCUT2D eigenvalue weighted by Gasteiger charge is 2.21. The van der Waals surface area contributed by atoms with Gasteiger partial charge in [0.25, 0.3) is 0 Å². The monoisotopic (exact) mass is 664 g/mol. The van der Waals surface area contributed by atoms with E-state index in [0.29, 0.717) is 0 Å². The molecule has 0 aliphatic carbocycles. The zero-order valence-electron chi connectivity index (χ0n) is 27.9. The van der Waals surface area contributed by atoms with Gasteiger partial charge in [0.2, 0.25) is 0 Å². The van der Waals surface area contributed by atoms with Crippen LogP contribution in [-0.4, -0.2) is 18.7 Å². The van der Waals surface area contributed by atoms with Crippen LogP contribution >= 0.6 is 0 Å². The van der Waals surface area contributed by atoms with Crippen LogP contribution in [0.4, 0.5) is 0 Å². The van der Waals surface area contributed by atoms with Crippen molar-refractivity contribution in [2.24, 2.45) is 0 Å². The van der Waals surface area contributed by atoms with E-state index < -0.39 is 0 Å². The van der Waals surface area contributed by atoms with Gasteiger partial charge in [0.05, 0.1) is 33.1 Å². The zero-order chi connectivity index (χ0) is 33.9. The molecule has 0 bridgehead atoms. The minimum Gasteiger partial charge on any atom is -0.452 e. The summed E-state index contributed by atoms with van der Waals surface area (Å²) in [5.41, 5.74) is 10.8. The maximum absolute atomic E-state index is 6.73. The van der Waals surface area contributed by atoms with Gasteiger partial charge in [-0.2, -0.15) is 0 Å². The molecule has 0 spiro atoms. The van der Waals surface area contributed by atoms with E-state index in [1.54, 1.807) is 0 Å². The molecule has 0 aliphatic rings. The van der Waals surface area contributed by atoms with Gasteiger partial charge in [-0.15, -0.1) is 0 Å². The maximum Gasteiger partial charge on any atom is 0.181 e. The lowest BCUT2D eigenvalue weighted by atomic mass is 10.1. The Morgan fingerprint density at radius 2 is 0.769 bits per heavy atom. The first-order valence-electron chi connectivity index (χ1n) is 17.6. The maximum atomic E-state index is 6.73. The van der Waals surface area contributed by atoms with Crippen molar-refractivity contribution in [1.29, 1.82) is 0 Å². The Balaban J connectivity index is 1.09. The van der Waals surface area contributed by atoms with Gasteiger partial charge in [0.1, 0.15) is 5.58 Å². The Bertz CT molecular complexity index is 3320. The highest BCUT2D eigenvalue weighted by molar-refractivity contribution is 6.15. The number of hydrogen-bond acceptors (Lipinski definition) is 2. The predicted molar refractivity (Wildman–Crippen MR) is 215 cm³/mol. The Morgan fingerprint density at radius 3 is 1.31 bits per heavy atom. The second kappa shape index (κ2) is 10.2. The summed E-state index contributed by atoms with van der Waals surface area (Å²) >= 11 is 0. The molecule has 5 heterocycles. The van der Waals surface area contributed by atoms with Gasteiger partial charge in [-0.3, -0.25) is 4.57 Å². The standard InChI is InChI=1S/C47H28N4O/c1-6-16-39-31(11-1)32-12-2-7-17-40(32)49(39)29-21-23-44-37(27-29)35-15-5-10-20-43(35)51(44)47-46-36(25-26-48-47)38-28-30(22-24-45(38)52-46)50-41-18-8-3-13-33(41)34-14-4-9-19-42(34)50/h1-28H. The van der Waals surface area contributed by atoms with Gasteiger partial charge in [-0.05, 0) is 72.8 Å². The molecule has 0 N–H and O–H groups in total. The van der Waals surface area contributed by atoms with Gasteiger partial charge >= 0.3 is 0 Å². The number of aromatic nitrogens is 4. The smallest absolute Gasteiger partial charge is 0.181 e. The molecule has 0 atom stereocenters. The molecular formula is C47H28N4O. The first-order chi connectivity index (χ1) is 25.8. The molecule has 0 radical (unpaired) electrons. The largest absolute Gasteiger partial charge is 0.452 e. The van der Waals surface area contributed by atoms with E-state index in [-0.39, 0.29) is 0 Å². The Kier molecular flexibility index (Phi) is 5.44. The first-order valence-corrected chi connectivity index (χ1v) is 17.6. The van der Waals surface area contributed by atoms with Gasteiger partial charge in [-0.1, -0.05) is 91.0 Å². The zero-order valence-corrected chi connectivity index (χ0v) is 27.9. The summed E-state index contributed by atoms with van der Waals surface area (Å²) in [6.07, 6.45) is 1.91. The number of pyridine rings is 1. The first kappa shape index (κ1) is 27.7. The van der Waals surface area contributed by atoms with E-state index >= 15 is 0 Å². The molecule has 0 fully saturated rings.